The summed E-state index contributed by atoms with van der Waals surface area (Å²) < 4.78 is 9.31. The first-order valence-corrected chi connectivity index (χ1v) is 4.01. The highest BCUT2D eigenvalue weighted by molar-refractivity contribution is 6.03. The molecule has 0 fully saturated rings. The van der Waals surface area contributed by atoms with E-state index in [9.17, 15) is 9.59 Å². The van der Waals surface area contributed by atoms with Crippen molar-refractivity contribution in [3.63, 3.8) is 0 Å². The van der Waals surface area contributed by atoms with Crippen LogP contribution in [0.3, 0.4) is 0 Å². The Hall–Kier alpha value is -1.85. The number of aromatic nitrogens is 1. The molecule has 0 spiro atoms. The van der Waals surface area contributed by atoms with Crippen molar-refractivity contribution in [3.8, 4) is 0 Å². The summed E-state index contributed by atoms with van der Waals surface area (Å²) in [5, 5.41) is 3.46. The monoisotopic (exact) mass is 198 g/mol. The van der Waals surface area contributed by atoms with E-state index in [0.29, 0.717) is 0 Å². The maximum absolute atomic E-state index is 11.3. The van der Waals surface area contributed by atoms with Crippen LogP contribution in [0.4, 0.5) is 0 Å². The standard InChI is InChI=1S/C8H10N2O4/c1-3-13-8(12)5-4(2)10-14-6(5)7(9)11/h3H2,1-2H3,(H2,9,11). The van der Waals surface area contributed by atoms with Crippen LogP contribution in [-0.2, 0) is 4.74 Å². The minimum atomic E-state index is -0.839. The number of ether oxygens (including phenoxy) is 1. The third-order valence-electron chi connectivity index (χ3n) is 1.57. The second-order valence-corrected chi connectivity index (χ2v) is 2.56. The number of hydrogen-bond acceptors (Lipinski definition) is 5. The minimum Gasteiger partial charge on any atom is -0.462 e. The molecular weight excluding hydrogens is 188 g/mol. The Labute approximate surface area is 80.0 Å². The molecule has 0 bridgehead atoms. The molecule has 0 saturated heterocycles. The average molecular weight is 198 g/mol. The van der Waals surface area contributed by atoms with Crippen LogP contribution in [0.1, 0.15) is 33.5 Å². The molecular formula is C8H10N2O4. The smallest absolute Gasteiger partial charge is 0.344 e. The Morgan fingerprint density at radius 1 is 1.57 bits per heavy atom. The maximum Gasteiger partial charge on any atom is 0.344 e. The lowest BCUT2D eigenvalue weighted by Gasteiger charge is -1.99. The number of nitrogens with two attached hydrogens (primary N) is 1. The Morgan fingerprint density at radius 2 is 2.21 bits per heavy atom. The van der Waals surface area contributed by atoms with E-state index < -0.39 is 11.9 Å². The Balaban J connectivity index is 3.11. The highest BCUT2D eigenvalue weighted by Gasteiger charge is 2.24. The number of rotatable bonds is 3. The number of carbonyl (C=O) groups is 2. The second kappa shape index (κ2) is 3.91. The number of aryl methyl sites for hydroxylation is 1. The van der Waals surface area contributed by atoms with Gasteiger partial charge in [0.15, 0.2) is 0 Å². The van der Waals surface area contributed by atoms with Crippen LogP contribution in [0.2, 0.25) is 0 Å². The average Bonchev–Trinajstić information content (AvgIpc) is 2.47. The van der Waals surface area contributed by atoms with Crippen LogP contribution >= 0.6 is 0 Å². The molecule has 6 nitrogen and oxygen atoms in total. The molecule has 0 atom stereocenters. The zero-order chi connectivity index (χ0) is 10.7. The fourth-order valence-electron chi connectivity index (χ4n) is 0.982. The summed E-state index contributed by atoms with van der Waals surface area (Å²) in [6.45, 7) is 3.40. The predicted octanol–water partition coefficient (Wildman–Crippen LogP) is 0.259. The minimum absolute atomic E-state index is 0.000602. The molecule has 1 aromatic rings. The van der Waals surface area contributed by atoms with Crippen molar-refractivity contribution in [3.05, 3.63) is 17.0 Å². The number of primary amides is 1. The fourth-order valence-corrected chi connectivity index (χ4v) is 0.982. The quantitative estimate of drug-likeness (QED) is 0.702. The van der Waals surface area contributed by atoms with Crippen molar-refractivity contribution < 1.29 is 18.8 Å². The maximum atomic E-state index is 11.3. The largest absolute Gasteiger partial charge is 0.462 e. The molecule has 0 aliphatic carbocycles. The van der Waals surface area contributed by atoms with Crippen molar-refractivity contribution in [1.82, 2.24) is 5.16 Å². The summed E-state index contributed by atoms with van der Waals surface area (Å²) >= 11 is 0. The molecule has 2 N–H and O–H groups in total. The first-order chi connectivity index (χ1) is 6.57. The molecule has 1 amide bonds. The lowest BCUT2D eigenvalue weighted by Crippen LogP contribution is -2.16. The van der Waals surface area contributed by atoms with Gasteiger partial charge in [0, 0.05) is 0 Å². The van der Waals surface area contributed by atoms with Crippen LogP contribution in [0.25, 0.3) is 0 Å². The van der Waals surface area contributed by atoms with E-state index in [4.69, 9.17) is 10.5 Å². The van der Waals surface area contributed by atoms with Gasteiger partial charge in [0.2, 0.25) is 5.76 Å². The predicted molar refractivity (Wildman–Crippen MR) is 45.7 cm³/mol. The molecule has 0 unspecified atom stereocenters. The lowest BCUT2D eigenvalue weighted by molar-refractivity contribution is 0.0520. The Morgan fingerprint density at radius 3 is 2.71 bits per heavy atom. The van der Waals surface area contributed by atoms with Crippen molar-refractivity contribution >= 4 is 11.9 Å². The van der Waals surface area contributed by atoms with E-state index in [0.717, 1.165) is 0 Å². The van der Waals surface area contributed by atoms with E-state index >= 15 is 0 Å². The summed E-state index contributed by atoms with van der Waals surface area (Å²) in [5.74, 6) is -1.75. The second-order valence-electron chi connectivity index (χ2n) is 2.56. The zero-order valence-electron chi connectivity index (χ0n) is 7.86. The summed E-state index contributed by atoms with van der Waals surface area (Å²) in [7, 11) is 0. The van der Waals surface area contributed by atoms with Crippen LogP contribution in [0.5, 0.6) is 0 Å². The van der Waals surface area contributed by atoms with Gasteiger partial charge in [-0.2, -0.15) is 0 Å². The molecule has 1 heterocycles. The van der Waals surface area contributed by atoms with Gasteiger partial charge < -0.3 is 15.0 Å². The van der Waals surface area contributed by atoms with Crippen molar-refractivity contribution in [2.45, 2.75) is 13.8 Å². The molecule has 0 aliphatic rings. The molecule has 1 aromatic heterocycles. The van der Waals surface area contributed by atoms with E-state index in [1.54, 1.807) is 6.92 Å². The number of hydrogen-bond donors (Lipinski definition) is 1. The lowest BCUT2D eigenvalue weighted by atomic mass is 10.2. The van der Waals surface area contributed by atoms with Gasteiger partial charge in [-0.05, 0) is 13.8 Å². The fraction of sp³-hybridized carbons (Fsp3) is 0.375. The number of carbonyl (C=O) groups excluding carboxylic acids is 2. The van der Waals surface area contributed by atoms with Crippen molar-refractivity contribution in [2.24, 2.45) is 5.73 Å². The first kappa shape index (κ1) is 10.2. The topological polar surface area (TPSA) is 95.4 Å². The molecule has 0 aliphatic heterocycles. The third kappa shape index (κ3) is 1.73. The van der Waals surface area contributed by atoms with E-state index in [2.05, 4.69) is 9.68 Å². The van der Waals surface area contributed by atoms with Gasteiger partial charge in [-0.3, -0.25) is 4.79 Å². The van der Waals surface area contributed by atoms with Crippen molar-refractivity contribution in [2.75, 3.05) is 6.61 Å². The van der Waals surface area contributed by atoms with E-state index in [-0.39, 0.29) is 23.6 Å². The summed E-state index contributed by atoms with van der Waals surface area (Å²) in [4.78, 5) is 22.1. The molecule has 1 rings (SSSR count). The van der Waals surface area contributed by atoms with Gasteiger partial charge in [-0.15, -0.1) is 0 Å². The van der Waals surface area contributed by atoms with E-state index in [1.165, 1.54) is 6.92 Å². The van der Waals surface area contributed by atoms with Crippen LogP contribution in [0, 0.1) is 6.92 Å². The summed E-state index contributed by atoms with van der Waals surface area (Å²) in [6, 6.07) is 0. The van der Waals surface area contributed by atoms with Gasteiger partial charge in [-0.1, -0.05) is 5.16 Å². The Bertz CT molecular complexity index is 369. The van der Waals surface area contributed by atoms with Crippen LogP contribution < -0.4 is 5.73 Å². The van der Waals surface area contributed by atoms with Crippen LogP contribution in [0.15, 0.2) is 4.52 Å². The molecule has 76 valence electrons. The summed E-state index contributed by atoms with van der Waals surface area (Å²) in [6.07, 6.45) is 0. The summed E-state index contributed by atoms with van der Waals surface area (Å²) in [5.41, 5.74) is 5.27. The third-order valence-corrected chi connectivity index (χ3v) is 1.57. The SMILES string of the molecule is CCOC(=O)c1c(C)noc1C(N)=O. The molecule has 0 radical (unpaired) electrons. The molecule has 14 heavy (non-hydrogen) atoms. The van der Waals surface area contributed by atoms with Crippen LogP contribution in [-0.4, -0.2) is 23.6 Å². The van der Waals surface area contributed by atoms with Gasteiger partial charge in [0.05, 0.1) is 12.3 Å². The number of amides is 1. The normalized spacial score (nSPS) is 9.86. The Kier molecular flexibility index (Phi) is 2.85. The molecule has 6 heteroatoms. The van der Waals surface area contributed by atoms with Gasteiger partial charge >= 0.3 is 5.97 Å². The van der Waals surface area contributed by atoms with Crippen molar-refractivity contribution in [1.29, 1.82) is 0 Å². The highest BCUT2D eigenvalue weighted by Crippen LogP contribution is 2.14. The highest BCUT2D eigenvalue weighted by atomic mass is 16.5. The van der Waals surface area contributed by atoms with E-state index in [1.807, 2.05) is 0 Å². The first-order valence-electron chi connectivity index (χ1n) is 4.01. The molecule has 0 saturated carbocycles. The zero-order valence-corrected chi connectivity index (χ0v) is 7.86. The van der Waals surface area contributed by atoms with Gasteiger partial charge in [0.1, 0.15) is 5.56 Å². The van der Waals surface area contributed by atoms with Gasteiger partial charge in [-0.25, -0.2) is 4.79 Å². The number of esters is 1. The number of nitrogens with zero attached hydrogens (tertiary/aromatic N) is 1. The van der Waals surface area contributed by atoms with Gasteiger partial charge in [0.25, 0.3) is 5.91 Å². The molecule has 0 aromatic carbocycles.